The molecule has 9 atom stereocenters. The molecule has 0 bridgehead atoms. The number of benzene rings is 2. The van der Waals surface area contributed by atoms with Gasteiger partial charge in [-0.05, 0) is 36.5 Å². The van der Waals surface area contributed by atoms with E-state index < -0.39 is 140 Å². The van der Waals surface area contributed by atoms with Crippen LogP contribution in [0, 0.1) is 0 Å². The van der Waals surface area contributed by atoms with Gasteiger partial charge in [0.25, 0.3) is 0 Å². The molecular formula is C49H66N14O14S. The number of nitrogens with zero attached hydrogens (tertiary/aromatic N) is 2. The first-order chi connectivity index (χ1) is 37.3. The first kappa shape index (κ1) is 62.3. The van der Waals surface area contributed by atoms with Gasteiger partial charge in [0.1, 0.15) is 48.3 Å². The van der Waals surface area contributed by atoms with Crippen LogP contribution in [-0.2, 0) is 73.6 Å². The predicted molar refractivity (Wildman–Crippen MR) is 279 cm³/mol. The van der Waals surface area contributed by atoms with Crippen LogP contribution in [0.3, 0.4) is 0 Å². The van der Waals surface area contributed by atoms with Gasteiger partial charge in [-0.3, -0.25) is 43.2 Å². The lowest BCUT2D eigenvalue weighted by molar-refractivity contribution is -0.142. The van der Waals surface area contributed by atoms with Gasteiger partial charge in [-0.1, -0.05) is 60.7 Å². The number of aliphatic hydroxyl groups is 3. The summed E-state index contributed by atoms with van der Waals surface area (Å²) in [5.41, 5.74) is 7.39. The molecule has 0 saturated heterocycles. The number of hydrogen-bond acceptors (Lipinski definition) is 17. The lowest BCUT2D eigenvalue weighted by Crippen LogP contribution is -2.62. The summed E-state index contributed by atoms with van der Waals surface area (Å²) in [7, 11) is 0. The van der Waals surface area contributed by atoms with Gasteiger partial charge in [0.2, 0.25) is 53.2 Å². The first-order valence-electron chi connectivity index (χ1n) is 24.4. The third-order valence-corrected chi connectivity index (χ3v) is 12.3. The number of amides is 9. The van der Waals surface area contributed by atoms with Gasteiger partial charge < -0.3 is 84.0 Å². The summed E-state index contributed by atoms with van der Waals surface area (Å²) in [5.74, 6) is -9.54. The third-order valence-electron chi connectivity index (χ3n) is 11.6. The Labute approximate surface area is 451 Å². The Kier molecular flexibility index (Phi) is 25.8. The molecule has 0 aliphatic heterocycles. The molecule has 4 aromatic rings. The summed E-state index contributed by atoms with van der Waals surface area (Å²) in [6.45, 7) is -2.13. The number of carbonyl (C=O) groups is 10. The molecule has 9 amide bonds. The average Bonchev–Trinajstić information content (AvgIpc) is 4.16. The Morgan fingerprint density at radius 2 is 0.974 bits per heavy atom. The fourth-order valence-electron chi connectivity index (χ4n) is 7.45. The van der Waals surface area contributed by atoms with E-state index in [1.165, 1.54) is 43.7 Å². The number of H-pyrrole nitrogens is 2. The molecule has 422 valence electrons. The number of carboxylic acid groups (broad SMARTS) is 1. The quantitative estimate of drug-likeness (QED) is 0.0212. The van der Waals surface area contributed by atoms with Gasteiger partial charge in [0.05, 0.1) is 45.1 Å². The molecule has 28 nitrogen and oxygen atoms in total. The highest BCUT2D eigenvalue weighted by molar-refractivity contribution is 7.98. The SMILES string of the molecule is CSCC[C@H](NC(=O)CNC(=O)[C@H](Cc1cnc[nH]1)NC(=O)[C@H](CO)NC(=O)[C@H](CO)NC(=O)[C@H](Cc1ccccc1)NC(=O)[C@@H](NC(=O)[C@H](Cc1ccccc1)NC(=O)CN)[C@@H](C)O)C(=O)N[C@@H](Cc1cnc[nH]1)C(=O)O. The van der Waals surface area contributed by atoms with E-state index in [0.717, 1.165) is 0 Å². The smallest absolute Gasteiger partial charge is 0.326 e. The van der Waals surface area contributed by atoms with Gasteiger partial charge in [-0.25, -0.2) is 14.8 Å². The maximum absolute atomic E-state index is 14.0. The van der Waals surface area contributed by atoms with Crippen LogP contribution < -0.4 is 53.6 Å². The number of aliphatic hydroxyl groups excluding tert-OH is 3. The predicted octanol–water partition coefficient (Wildman–Crippen LogP) is -5.44. The highest BCUT2D eigenvalue weighted by Gasteiger charge is 2.35. The van der Waals surface area contributed by atoms with Crippen molar-refractivity contribution in [3.63, 3.8) is 0 Å². The van der Waals surface area contributed by atoms with E-state index in [0.29, 0.717) is 28.3 Å². The first-order valence-corrected chi connectivity index (χ1v) is 25.8. The number of imidazole rings is 2. The molecule has 0 unspecified atom stereocenters. The van der Waals surface area contributed by atoms with Crippen LogP contribution >= 0.6 is 11.8 Å². The summed E-state index contributed by atoms with van der Waals surface area (Å²) >= 11 is 1.36. The molecule has 2 heterocycles. The number of aromatic amines is 2. The fraction of sp³-hybridized carbons (Fsp3) is 0.429. The average molecular weight is 1110 g/mol. The standard InChI is InChI=1S/C49H66N14O14S/c1-27(66)41(63-45(72)33(57-39(67)19-50)15-28-9-5-3-6-10-28)48(75)59-34(16-29-11-7-4-8-12-29)44(71)61-38(24-65)47(74)62-37(23-64)46(73)58-35(17-30-20-51-25-54-30)42(69)53-22-40(68)56-32(13-14-78-2)43(70)60-36(49(76)77)18-31-21-52-26-55-31/h3-12,20-21,25-27,32-38,41,64-66H,13-19,22-24,50H2,1-2H3,(H,51,54)(H,52,55)(H,53,69)(H,56,68)(H,57,67)(H,58,73)(H,59,75)(H,60,70)(H,61,71)(H,62,74)(H,63,72)(H,76,77)/t27-,32+,33+,34+,35+,36+,37+,38+,41+/m1/s1. The summed E-state index contributed by atoms with van der Waals surface area (Å²) in [5, 5.41) is 62.6. The van der Waals surface area contributed by atoms with E-state index in [-0.39, 0.29) is 32.1 Å². The van der Waals surface area contributed by atoms with Crippen molar-refractivity contribution in [3.05, 3.63) is 108 Å². The van der Waals surface area contributed by atoms with Crippen molar-refractivity contribution < 1.29 is 68.4 Å². The van der Waals surface area contributed by atoms with Crippen molar-refractivity contribution in [2.45, 2.75) is 93.5 Å². The number of hydrogen-bond donors (Lipinski definition) is 16. The summed E-state index contributed by atoms with van der Waals surface area (Å²) in [6.07, 6.45) is 5.02. The molecule has 29 heteroatoms. The maximum atomic E-state index is 14.0. The number of thioether (sulfide) groups is 1. The molecule has 78 heavy (non-hydrogen) atoms. The van der Waals surface area contributed by atoms with Crippen LogP contribution in [0.2, 0.25) is 0 Å². The molecule has 0 aliphatic carbocycles. The fourth-order valence-corrected chi connectivity index (χ4v) is 7.92. The topological polar surface area (TPSA) is 443 Å². The van der Waals surface area contributed by atoms with Crippen LogP contribution in [0.15, 0.2) is 85.7 Å². The Hall–Kier alpha value is -8.25. The van der Waals surface area contributed by atoms with Crippen molar-refractivity contribution in [2.75, 3.05) is 38.3 Å². The van der Waals surface area contributed by atoms with Crippen LogP contribution in [0.4, 0.5) is 0 Å². The highest BCUT2D eigenvalue weighted by atomic mass is 32.2. The van der Waals surface area contributed by atoms with Crippen molar-refractivity contribution in [2.24, 2.45) is 5.73 Å². The van der Waals surface area contributed by atoms with E-state index in [1.807, 2.05) is 0 Å². The van der Waals surface area contributed by atoms with Crippen molar-refractivity contribution in [3.8, 4) is 0 Å². The minimum atomic E-state index is -1.83. The number of carboxylic acids is 1. The van der Waals surface area contributed by atoms with Crippen LogP contribution in [-0.4, -0.2) is 192 Å². The van der Waals surface area contributed by atoms with E-state index >= 15 is 0 Å². The molecule has 0 spiro atoms. The van der Waals surface area contributed by atoms with Gasteiger partial charge in [-0.2, -0.15) is 11.8 Å². The Morgan fingerprint density at radius 1 is 0.551 bits per heavy atom. The van der Waals surface area contributed by atoms with E-state index in [9.17, 15) is 68.4 Å². The van der Waals surface area contributed by atoms with Gasteiger partial charge >= 0.3 is 5.97 Å². The summed E-state index contributed by atoms with van der Waals surface area (Å²) in [6, 6.07) is 4.60. The molecule has 0 saturated carbocycles. The molecule has 0 aliphatic rings. The van der Waals surface area contributed by atoms with E-state index in [1.54, 1.807) is 66.9 Å². The summed E-state index contributed by atoms with van der Waals surface area (Å²) < 4.78 is 0. The minimum Gasteiger partial charge on any atom is -0.480 e. The van der Waals surface area contributed by atoms with Crippen LogP contribution in [0.5, 0.6) is 0 Å². The molecule has 2 aromatic carbocycles. The van der Waals surface area contributed by atoms with E-state index in [2.05, 4.69) is 67.8 Å². The molecule has 0 fully saturated rings. The highest BCUT2D eigenvalue weighted by Crippen LogP contribution is 2.10. The van der Waals surface area contributed by atoms with Gasteiger partial charge in [0.15, 0.2) is 0 Å². The molecule has 4 rings (SSSR count). The van der Waals surface area contributed by atoms with Crippen LogP contribution in [0.25, 0.3) is 0 Å². The Bertz CT molecular complexity index is 2600. The zero-order chi connectivity index (χ0) is 57.1. The Balaban J connectivity index is 1.43. The molecular weight excluding hydrogens is 1040 g/mol. The third kappa shape index (κ3) is 20.7. The normalized spacial score (nSPS) is 14.4. The Morgan fingerprint density at radius 3 is 1.44 bits per heavy atom. The molecule has 17 N–H and O–H groups in total. The second-order valence-electron chi connectivity index (χ2n) is 17.6. The van der Waals surface area contributed by atoms with Crippen molar-refractivity contribution >= 4 is 70.9 Å². The number of carbonyl (C=O) groups excluding carboxylic acids is 9. The molecule has 2 aromatic heterocycles. The van der Waals surface area contributed by atoms with E-state index in [4.69, 9.17) is 5.73 Å². The number of aromatic nitrogens is 4. The zero-order valence-electron chi connectivity index (χ0n) is 42.6. The van der Waals surface area contributed by atoms with Crippen molar-refractivity contribution in [1.82, 2.24) is 67.8 Å². The lowest BCUT2D eigenvalue weighted by Gasteiger charge is -2.28. The number of nitrogens with one attached hydrogen (secondary N) is 11. The number of nitrogens with two attached hydrogens (primary N) is 1. The van der Waals surface area contributed by atoms with Crippen molar-refractivity contribution in [1.29, 1.82) is 0 Å². The van der Waals surface area contributed by atoms with Crippen LogP contribution in [0.1, 0.15) is 35.9 Å². The second kappa shape index (κ2) is 32.4. The monoisotopic (exact) mass is 1110 g/mol. The lowest BCUT2D eigenvalue weighted by atomic mass is 10.0. The second-order valence-corrected chi connectivity index (χ2v) is 18.6. The molecule has 0 radical (unpaired) electrons. The summed E-state index contributed by atoms with van der Waals surface area (Å²) in [4.78, 5) is 146. The van der Waals surface area contributed by atoms with Gasteiger partial charge in [-0.15, -0.1) is 0 Å². The largest absolute Gasteiger partial charge is 0.480 e. The zero-order valence-corrected chi connectivity index (χ0v) is 43.4. The number of rotatable bonds is 33. The maximum Gasteiger partial charge on any atom is 0.326 e. The minimum absolute atomic E-state index is 0.0184. The number of aliphatic carboxylic acids is 1. The van der Waals surface area contributed by atoms with Gasteiger partial charge in [0, 0.05) is 49.5 Å².